The molecule has 0 aliphatic rings. The quantitative estimate of drug-likeness (QED) is 0.814. The highest BCUT2D eigenvalue weighted by Crippen LogP contribution is 2.27. The molecule has 0 saturated carbocycles. The molecule has 6 heteroatoms. The molecule has 0 fully saturated rings. The van der Waals surface area contributed by atoms with E-state index in [1.165, 1.54) is 12.1 Å². The molecule has 0 unspecified atom stereocenters. The lowest BCUT2D eigenvalue weighted by Crippen LogP contribution is -2.27. The van der Waals surface area contributed by atoms with Crippen molar-refractivity contribution in [2.75, 3.05) is 6.54 Å². The van der Waals surface area contributed by atoms with Gasteiger partial charge in [-0.25, -0.2) is 4.79 Å². The highest BCUT2D eigenvalue weighted by Gasteiger charge is 2.07. The maximum Gasteiger partial charge on any atom is 0.413 e. The van der Waals surface area contributed by atoms with Gasteiger partial charge in [0.1, 0.15) is 6.54 Å². The summed E-state index contributed by atoms with van der Waals surface area (Å²) in [5.74, 6) is 0.152. The fraction of sp³-hybridized carbons (Fsp3) is 0.111. The second-order valence-electron chi connectivity index (χ2n) is 2.48. The summed E-state index contributed by atoms with van der Waals surface area (Å²) >= 11 is 11.4. The molecule has 0 radical (unpaired) electrons. The Morgan fingerprint density at radius 2 is 2.27 bits per heavy atom. The minimum atomic E-state index is -0.749. The molecule has 1 amide bonds. The predicted molar refractivity (Wildman–Crippen MR) is 56.1 cm³/mol. The molecule has 0 atom stereocenters. The number of halogens is 2. The molecule has 0 aromatic heterocycles. The van der Waals surface area contributed by atoms with Gasteiger partial charge in [-0.15, -0.1) is 0 Å². The zero-order valence-corrected chi connectivity index (χ0v) is 8.97. The molecule has 0 heterocycles. The average Bonchev–Trinajstić information content (AvgIpc) is 2.20. The molecule has 78 valence electrons. The van der Waals surface area contributed by atoms with Gasteiger partial charge in [0.15, 0.2) is 5.75 Å². The van der Waals surface area contributed by atoms with Gasteiger partial charge in [0.25, 0.3) is 0 Å². The fourth-order valence-electron chi connectivity index (χ4n) is 0.803. The molecule has 4 nitrogen and oxygen atoms in total. The van der Waals surface area contributed by atoms with Gasteiger partial charge < -0.3 is 10.1 Å². The van der Waals surface area contributed by atoms with Gasteiger partial charge in [-0.05, 0) is 12.1 Å². The molecule has 0 aliphatic heterocycles. The van der Waals surface area contributed by atoms with Gasteiger partial charge >= 0.3 is 6.09 Å². The van der Waals surface area contributed by atoms with Gasteiger partial charge in [0.2, 0.25) is 0 Å². The maximum absolute atomic E-state index is 11.0. The summed E-state index contributed by atoms with van der Waals surface area (Å²) in [4.78, 5) is 11.0. The maximum atomic E-state index is 11.0. The topological polar surface area (TPSA) is 62.1 Å². The standard InChI is InChI=1S/C9H6Cl2N2O2/c10-6-1-2-7(11)8(5-6)15-9(14)13-4-3-12/h1-2,5H,4H2,(H,13,14). The van der Waals surface area contributed by atoms with E-state index in [9.17, 15) is 4.79 Å². The van der Waals surface area contributed by atoms with E-state index in [4.69, 9.17) is 33.2 Å². The minimum Gasteiger partial charge on any atom is -0.409 e. The molecule has 15 heavy (non-hydrogen) atoms. The number of amides is 1. The first kappa shape index (κ1) is 11.6. The van der Waals surface area contributed by atoms with Gasteiger partial charge in [0.05, 0.1) is 11.1 Å². The SMILES string of the molecule is N#CCNC(=O)Oc1cc(Cl)ccc1Cl. The lowest BCUT2D eigenvalue weighted by molar-refractivity contribution is 0.202. The first-order valence-corrected chi connectivity index (χ1v) is 4.67. The number of nitrogens with zero attached hydrogens (tertiary/aromatic N) is 1. The van der Waals surface area contributed by atoms with E-state index in [1.54, 1.807) is 12.1 Å². The smallest absolute Gasteiger partial charge is 0.409 e. The van der Waals surface area contributed by atoms with E-state index in [0.717, 1.165) is 0 Å². The van der Waals surface area contributed by atoms with Crippen LogP contribution in [0.15, 0.2) is 18.2 Å². The molecule has 0 aliphatic carbocycles. The van der Waals surface area contributed by atoms with Gasteiger partial charge in [-0.2, -0.15) is 5.26 Å². The lowest BCUT2D eigenvalue weighted by Gasteiger charge is -2.05. The van der Waals surface area contributed by atoms with Crippen LogP contribution in [0.25, 0.3) is 0 Å². The summed E-state index contributed by atoms with van der Waals surface area (Å²) < 4.78 is 4.81. The summed E-state index contributed by atoms with van der Waals surface area (Å²) in [5.41, 5.74) is 0. The first-order chi connectivity index (χ1) is 7.13. The Bertz CT molecular complexity index is 415. The lowest BCUT2D eigenvalue weighted by atomic mass is 10.3. The Morgan fingerprint density at radius 3 is 2.93 bits per heavy atom. The normalized spacial score (nSPS) is 9.13. The molecule has 1 rings (SSSR count). The van der Waals surface area contributed by atoms with Crippen molar-refractivity contribution < 1.29 is 9.53 Å². The van der Waals surface area contributed by atoms with Crippen LogP contribution in [0, 0.1) is 11.3 Å². The van der Waals surface area contributed by atoms with Crippen molar-refractivity contribution >= 4 is 29.3 Å². The Kier molecular flexibility index (Phi) is 4.22. The second-order valence-corrected chi connectivity index (χ2v) is 3.32. The number of carbonyl (C=O) groups is 1. The van der Waals surface area contributed by atoms with E-state index in [2.05, 4.69) is 5.32 Å². The number of hydrogen-bond acceptors (Lipinski definition) is 3. The third-order valence-corrected chi connectivity index (χ3v) is 1.96. The van der Waals surface area contributed by atoms with Crippen LogP contribution < -0.4 is 10.1 Å². The number of rotatable bonds is 2. The van der Waals surface area contributed by atoms with Crippen LogP contribution >= 0.6 is 23.2 Å². The van der Waals surface area contributed by atoms with E-state index in [0.29, 0.717) is 5.02 Å². The third kappa shape index (κ3) is 3.66. The van der Waals surface area contributed by atoms with E-state index in [1.807, 2.05) is 0 Å². The van der Waals surface area contributed by atoms with Crippen molar-refractivity contribution in [2.45, 2.75) is 0 Å². The molecular formula is C9H6Cl2N2O2. The summed E-state index contributed by atoms with van der Waals surface area (Å²) in [6.07, 6.45) is -0.749. The average molecular weight is 245 g/mol. The highest BCUT2D eigenvalue weighted by atomic mass is 35.5. The Balaban J connectivity index is 2.68. The monoisotopic (exact) mass is 244 g/mol. The van der Waals surface area contributed by atoms with Gasteiger partial charge in [-0.3, -0.25) is 0 Å². The molecule has 0 bridgehead atoms. The van der Waals surface area contributed by atoms with Crippen molar-refractivity contribution in [3.63, 3.8) is 0 Å². The largest absolute Gasteiger partial charge is 0.413 e. The van der Waals surface area contributed by atoms with Crippen LogP contribution in [0.5, 0.6) is 5.75 Å². The van der Waals surface area contributed by atoms with E-state index < -0.39 is 6.09 Å². The van der Waals surface area contributed by atoms with Crippen LogP contribution in [-0.4, -0.2) is 12.6 Å². The molecule has 1 N–H and O–H groups in total. The molecule has 0 saturated heterocycles. The van der Waals surface area contributed by atoms with Crippen LogP contribution in [0.4, 0.5) is 4.79 Å². The number of benzene rings is 1. The number of ether oxygens (including phenoxy) is 1. The molecule has 1 aromatic carbocycles. The Labute approximate surface area is 96.4 Å². The molecule has 1 aromatic rings. The number of nitriles is 1. The van der Waals surface area contributed by atoms with Crippen LogP contribution in [-0.2, 0) is 0 Å². The number of hydrogen-bond donors (Lipinski definition) is 1. The Morgan fingerprint density at radius 1 is 1.53 bits per heavy atom. The van der Waals surface area contributed by atoms with E-state index in [-0.39, 0.29) is 17.3 Å². The summed E-state index contributed by atoms with van der Waals surface area (Å²) in [6, 6.07) is 6.24. The van der Waals surface area contributed by atoms with Crippen molar-refractivity contribution in [2.24, 2.45) is 0 Å². The zero-order valence-electron chi connectivity index (χ0n) is 7.46. The van der Waals surface area contributed by atoms with Crippen molar-refractivity contribution in [1.82, 2.24) is 5.32 Å². The number of nitrogens with one attached hydrogen (secondary N) is 1. The van der Waals surface area contributed by atoms with Crippen LogP contribution in [0.3, 0.4) is 0 Å². The predicted octanol–water partition coefficient (Wildman–Crippen LogP) is 2.61. The number of carbonyl (C=O) groups excluding carboxylic acids is 1. The van der Waals surface area contributed by atoms with Crippen molar-refractivity contribution in [3.05, 3.63) is 28.2 Å². The molecule has 0 spiro atoms. The summed E-state index contributed by atoms with van der Waals surface area (Å²) in [6.45, 7) is -0.128. The third-order valence-electron chi connectivity index (χ3n) is 1.41. The van der Waals surface area contributed by atoms with Crippen LogP contribution in [0.2, 0.25) is 10.0 Å². The van der Waals surface area contributed by atoms with E-state index >= 15 is 0 Å². The minimum absolute atomic E-state index is 0.128. The highest BCUT2D eigenvalue weighted by molar-refractivity contribution is 6.34. The van der Waals surface area contributed by atoms with Gasteiger partial charge in [-0.1, -0.05) is 23.2 Å². The first-order valence-electron chi connectivity index (χ1n) is 3.91. The van der Waals surface area contributed by atoms with Crippen molar-refractivity contribution in [1.29, 1.82) is 5.26 Å². The summed E-state index contributed by atoms with van der Waals surface area (Å²) in [5, 5.41) is 11.1. The van der Waals surface area contributed by atoms with Gasteiger partial charge in [0, 0.05) is 11.1 Å². The summed E-state index contributed by atoms with van der Waals surface area (Å²) in [7, 11) is 0. The fourth-order valence-corrected chi connectivity index (χ4v) is 1.12. The second kappa shape index (κ2) is 5.44. The van der Waals surface area contributed by atoms with Crippen molar-refractivity contribution in [3.8, 4) is 11.8 Å². The van der Waals surface area contributed by atoms with Crippen LogP contribution in [0.1, 0.15) is 0 Å². The zero-order chi connectivity index (χ0) is 11.3. The Hall–Kier alpha value is -1.44. The molecular weight excluding hydrogens is 239 g/mol.